The molecule has 0 radical (unpaired) electrons. The number of aryl methyl sites for hydroxylation is 1. The molecule has 2 rings (SSSR count). The second kappa shape index (κ2) is 8.60. The molecule has 2 aromatic carbocycles. The highest BCUT2D eigenvalue weighted by Gasteiger charge is 2.21. The maximum Gasteiger partial charge on any atom is 0.265 e. The molecule has 146 valence electrons. The topological polar surface area (TPSA) is 38.3 Å². The Labute approximate surface area is 164 Å². The van der Waals surface area contributed by atoms with E-state index in [2.05, 4.69) is 58.1 Å². The van der Waals surface area contributed by atoms with Crippen LogP contribution < -0.4 is 10.1 Å². The Morgan fingerprint density at radius 3 is 2.22 bits per heavy atom. The predicted molar refractivity (Wildman–Crippen MR) is 114 cm³/mol. The highest BCUT2D eigenvalue weighted by Crippen LogP contribution is 2.28. The van der Waals surface area contributed by atoms with Gasteiger partial charge >= 0.3 is 0 Å². The molecule has 0 bridgehead atoms. The van der Waals surface area contributed by atoms with Crippen molar-refractivity contribution in [2.75, 3.05) is 5.32 Å². The third-order valence-corrected chi connectivity index (χ3v) is 4.84. The summed E-state index contributed by atoms with van der Waals surface area (Å²) >= 11 is 0. The zero-order valence-corrected chi connectivity index (χ0v) is 17.7. The lowest BCUT2D eigenvalue weighted by molar-refractivity contribution is -0.122. The van der Waals surface area contributed by atoms with Crippen LogP contribution in [0.25, 0.3) is 0 Å². The number of para-hydroxylation sites is 1. The van der Waals surface area contributed by atoms with Crippen molar-refractivity contribution in [1.82, 2.24) is 0 Å². The van der Waals surface area contributed by atoms with Crippen LogP contribution >= 0.6 is 0 Å². The fourth-order valence-electron chi connectivity index (χ4n) is 3.07. The van der Waals surface area contributed by atoms with E-state index in [1.165, 1.54) is 5.56 Å². The largest absolute Gasteiger partial charge is 0.481 e. The Bertz CT molecular complexity index is 770. The lowest BCUT2D eigenvalue weighted by atomic mass is 9.87. The van der Waals surface area contributed by atoms with Crippen LogP contribution in [0.1, 0.15) is 70.6 Å². The van der Waals surface area contributed by atoms with Crippen LogP contribution in [-0.2, 0) is 10.2 Å². The third-order valence-electron chi connectivity index (χ3n) is 4.84. The quantitative estimate of drug-likeness (QED) is 0.659. The standard InChI is InChI=1S/C24H33NO2/c1-8-21(27-19-14-12-18(13-15-19)24(5,6)7)23(26)25-22-17(4)10-9-11-20(22)16(2)3/h9-16,21H,8H2,1-7H3,(H,25,26). The summed E-state index contributed by atoms with van der Waals surface area (Å²) in [6.07, 6.45) is 0.0838. The highest BCUT2D eigenvalue weighted by molar-refractivity contribution is 5.95. The van der Waals surface area contributed by atoms with Gasteiger partial charge in [0.05, 0.1) is 0 Å². The van der Waals surface area contributed by atoms with E-state index in [0.29, 0.717) is 12.3 Å². The summed E-state index contributed by atoms with van der Waals surface area (Å²) in [5.74, 6) is 0.957. The number of rotatable bonds is 6. The molecular formula is C24H33NO2. The Kier molecular flexibility index (Phi) is 6.69. The van der Waals surface area contributed by atoms with Gasteiger partial charge < -0.3 is 10.1 Å². The van der Waals surface area contributed by atoms with Crippen molar-refractivity contribution in [3.63, 3.8) is 0 Å². The van der Waals surface area contributed by atoms with Crippen molar-refractivity contribution in [2.24, 2.45) is 0 Å². The minimum absolute atomic E-state index is 0.0954. The van der Waals surface area contributed by atoms with Crippen molar-refractivity contribution in [3.05, 3.63) is 59.2 Å². The maximum absolute atomic E-state index is 12.9. The number of hydrogen-bond acceptors (Lipinski definition) is 2. The van der Waals surface area contributed by atoms with Gasteiger partial charge in [0.1, 0.15) is 5.75 Å². The molecule has 0 aliphatic heterocycles. The number of ether oxygens (including phenoxy) is 1. The molecule has 0 spiro atoms. The molecule has 0 aromatic heterocycles. The van der Waals surface area contributed by atoms with Gasteiger partial charge in [-0.25, -0.2) is 0 Å². The lowest BCUT2D eigenvalue weighted by Crippen LogP contribution is -2.33. The Morgan fingerprint density at radius 1 is 1.07 bits per heavy atom. The molecule has 3 nitrogen and oxygen atoms in total. The predicted octanol–water partition coefficient (Wildman–Crippen LogP) is 6.21. The molecule has 0 fully saturated rings. The minimum Gasteiger partial charge on any atom is -0.481 e. The molecule has 27 heavy (non-hydrogen) atoms. The summed E-state index contributed by atoms with van der Waals surface area (Å²) in [7, 11) is 0. The number of nitrogens with one attached hydrogen (secondary N) is 1. The van der Waals surface area contributed by atoms with E-state index in [0.717, 1.165) is 22.6 Å². The van der Waals surface area contributed by atoms with Crippen LogP contribution in [-0.4, -0.2) is 12.0 Å². The molecule has 0 saturated heterocycles. The van der Waals surface area contributed by atoms with Crippen LogP contribution in [0.3, 0.4) is 0 Å². The maximum atomic E-state index is 12.9. The summed E-state index contributed by atoms with van der Waals surface area (Å²) in [6.45, 7) is 14.8. The molecule has 0 aliphatic rings. The Hall–Kier alpha value is -2.29. The molecule has 1 amide bonds. The van der Waals surface area contributed by atoms with E-state index in [1.54, 1.807) is 0 Å². The van der Waals surface area contributed by atoms with Gasteiger partial charge in [-0.05, 0) is 53.5 Å². The molecule has 0 saturated carbocycles. The van der Waals surface area contributed by atoms with E-state index in [-0.39, 0.29) is 11.3 Å². The Morgan fingerprint density at radius 2 is 1.70 bits per heavy atom. The second-order valence-electron chi connectivity index (χ2n) is 8.47. The van der Waals surface area contributed by atoms with Crippen LogP contribution in [0.4, 0.5) is 5.69 Å². The molecule has 0 heterocycles. The molecule has 1 unspecified atom stereocenters. The van der Waals surface area contributed by atoms with Gasteiger partial charge in [-0.15, -0.1) is 0 Å². The normalized spacial score (nSPS) is 12.7. The molecular weight excluding hydrogens is 334 g/mol. The zero-order valence-electron chi connectivity index (χ0n) is 17.7. The van der Waals surface area contributed by atoms with Gasteiger partial charge in [-0.3, -0.25) is 4.79 Å². The van der Waals surface area contributed by atoms with E-state index in [4.69, 9.17) is 4.74 Å². The average Bonchev–Trinajstić information content (AvgIpc) is 2.60. The summed E-state index contributed by atoms with van der Waals surface area (Å²) in [5, 5.41) is 3.10. The number of benzene rings is 2. The summed E-state index contributed by atoms with van der Waals surface area (Å²) in [5.41, 5.74) is 4.46. The molecule has 1 atom stereocenters. The molecule has 1 N–H and O–H groups in total. The van der Waals surface area contributed by atoms with E-state index in [9.17, 15) is 4.79 Å². The number of carbonyl (C=O) groups is 1. The van der Waals surface area contributed by atoms with Crippen molar-refractivity contribution in [3.8, 4) is 5.75 Å². The summed E-state index contributed by atoms with van der Waals surface area (Å²) in [4.78, 5) is 12.9. The molecule has 3 heteroatoms. The number of carbonyl (C=O) groups excluding carboxylic acids is 1. The smallest absolute Gasteiger partial charge is 0.265 e. The second-order valence-corrected chi connectivity index (χ2v) is 8.47. The van der Waals surface area contributed by atoms with Crippen molar-refractivity contribution < 1.29 is 9.53 Å². The minimum atomic E-state index is -0.523. The number of anilines is 1. The Balaban J connectivity index is 2.15. The zero-order chi connectivity index (χ0) is 20.2. The number of hydrogen-bond donors (Lipinski definition) is 1. The molecule has 2 aromatic rings. The summed E-state index contributed by atoms with van der Waals surface area (Å²) < 4.78 is 5.99. The summed E-state index contributed by atoms with van der Waals surface area (Å²) in [6, 6.07) is 14.2. The first-order chi connectivity index (χ1) is 12.6. The van der Waals surface area contributed by atoms with Gasteiger partial charge in [0.2, 0.25) is 0 Å². The monoisotopic (exact) mass is 367 g/mol. The van der Waals surface area contributed by atoms with Gasteiger partial charge in [-0.2, -0.15) is 0 Å². The fraction of sp³-hybridized carbons (Fsp3) is 0.458. The van der Waals surface area contributed by atoms with Gasteiger partial charge in [-0.1, -0.05) is 71.9 Å². The average molecular weight is 368 g/mol. The van der Waals surface area contributed by atoms with E-state index >= 15 is 0 Å². The van der Waals surface area contributed by atoms with Crippen LogP contribution in [0, 0.1) is 6.92 Å². The first-order valence-corrected chi connectivity index (χ1v) is 9.81. The van der Waals surface area contributed by atoms with Gasteiger partial charge in [0.25, 0.3) is 5.91 Å². The van der Waals surface area contributed by atoms with Crippen molar-refractivity contribution in [1.29, 1.82) is 0 Å². The van der Waals surface area contributed by atoms with Crippen LogP contribution in [0.5, 0.6) is 5.75 Å². The highest BCUT2D eigenvalue weighted by atomic mass is 16.5. The van der Waals surface area contributed by atoms with Crippen LogP contribution in [0.15, 0.2) is 42.5 Å². The molecule has 0 aliphatic carbocycles. The SMILES string of the molecule is CCC(Oc1ccc(C(C)(C)C)cc1)C(=O)Nc1c(C)cccc1C(C)C. The van der Waals surface area contributed by atoms with Crippen molar-refractivity contribution >= 4 is 11.6 Å². The van der Waals surface area contributed by atoms with Crippen LogP contribution in [0.2, 0.25) is 0 Å². The first kappa shape index (κ1) is 21.0. The third kappa shape index (κ3) is 5.35. The number of amides is 1. The van der Waals surface area contributed by atoms with E-state index in [1.807, 2.05) is 38.1 Å². The van der Waals surface area contributed by atoms with E-state index < -0.39 is 6.10 Å². The van der Waals surface area contributed by atoms with Crippen molar-refractivity contribution in [2.45, 2.75) is 72.3 Å². The lowest BCUT2D eigenvalue weighted by Gasteiger charge is -2.22. The first-order valence-electron chi connectivity index (χ1n) is 9.81. The fourth-order valence-corrected chi connectivity index (χ4v) is 3.07. The van der Waals surface area contributed by atoms with Gasteiger partial charge in [0, 0.05) is 5.69 Å². The van der Waals surface area contributed by atoms with Gasteiger partial charge in [0.15, 0.2) is 6.10 Å².